The Hall–Kier alpha value is -3.21. The van der Waals surface area contributed by atoms with Crippen LogP contribution in [0.2, 0.25) is 0 Å². The van der Waals surface area contributed by atoms with Gasteiger partial charge in [-0.05, 0) is 19.1 Å². The molecule has 24 heavy (non-hydrogen) atoms. The molecule has 0 bridgehead atoms. The zero-order valence-electron chi connectivity index (χ0n) is 13.5. The summed E-state index contributed by atoms with van der Waals surface area (Å²) in [7, 11) is 1.58. The van der Waals surface area contributed by atoms with Crippen molar-refractivity contribution < 1.29 is 4.79 Å². The van der Waals surface area contributed by atoms with Crippen molar-refractivity contribution in [3.05, 3.63) is 76.6 Å². The minimum absolute atomic E-state index is 0.211. The predicted octanol–water partition coefficient (Wildman–Crippen LogP) is 3.39. The van der Waals surface area contributed by atoms with Gasteiger partial charge in [0, 0.05) is 18.3 Å². The lowest BCUT2D eigenvalue weighted by atomic mass is 10.0. The maximum atomic E-state index is 12.6. The van der Waals surface area contributed by atoms with E-state index in [1.165, 1.54) is 11.6 Å². The molecule has 0 aliphatic carbocycles. The van der Waals surface area contributed by atoms with Crippen molar-refractivity contribution in [2.45, 2.75) is 6.92 Å². The topological polar surface area (TPSA) is 64.0 Å². The number of nitrogens with one attached hydrogen (secondary N) is 1. The lowest BCUT2D eigenvalue weighted by molar-refractivity contribution is 0.101. The fraction of sp³-hybridized carbons (Fsp3) is 0.105. The highest BCUT2D eigenvalue weighted by Crippen LogP contribution is 2.27. The third-order valence-electron chi connectivity index (χ3n) is 3.69. The molecule has 5 nitrogen and oxygen atoms in total. The Labute approximate surface area is 139 Å². The van der Waals surface area contributed by atoms with Crippen molar-refractivity contribution >= 4 is 17.2 Å². The zero-order valence-corrected chi connectivity index (χ0v) is 13.5. The van der Waals surface area contributed by atoms with Crippen molar-refractivity contribution in [1.82, 2.24) is 9.78 Å². The van der Waals surface area contributed by atoms with E-state index in [1.807, 2.05) is 60.7 Å². The van der Waals surface area contributed by atoms with E-state index in [0.29, 0.717) is 11.3 Å². The van der Waals surface area contributed by atoms with Crippen LogP contribution in [-0.2, 0) is 7.05 Å². The second-order valence-corrected chi connectivity index (χ2v) is 5.44. The second kappa shape index (κ2) is 6.50. The van der Waals surface area contributed by atoms with Crippen LogP contribution in [0, 0.1) is 0 Å². The summed E-state index contributed by atoms with van der Waals surface area (Å²) in [6, 6.07) is 18.7. The van der Waals surface area contributed by atoms with E-state index in [-0.39, 0.29) is 17.0 Å². The van der Waals surface area contributed by atoms with Crippen LogP contribution in [0.1, 0.15) is 17.3 Å². The molecule has 1 heterocycles. The molecule has 1 aromatic heterocycles. The van der Waals surface area contributed by atoms with E-state index in [9.17, 15) is 9.59 Å². The van der Waals surface area contributed by atoms with E-state index in [1.54, 1.807) is 7.05 Å². The summed E-state index contributed by atoms with van der Waals surface area (Å²) in [5.74, 6) is -0.211. The summed E-state index contributed by atoms with van der Waals surface area (Å²) in [5, 5.41) is 7.39. The molecule has 0 aliphatic rings. The molecular weight excluding hydrogens is 302 g/mol. The number of nitrogens with zero attached hydrogens (tertiary/aromatic N) is 2. The number of hydrogen-bond donors (Lipinski definition) is 1. The SMILES string of the molecule is CC(=O)c1c(-c2ccccc2)nn(C)c(=O)c1Nc1ccccc1. The van der Waals surface area contributed by atoms with E-state index < -0.39 is 0 Å². The zero-order chi connectivity index (χ0) is 17.1. The number of aryl methyl sites for hydroxylation is 1. The molecule has 0 radical (unpaired) electrons. The molecular formula is C19H17N3O2. The van der Waals surface area contributed by atoms with Crippen LogP contribution in [-0.4, -0.2) is 15.6 Å². The van der Waals surface area contributed by atoms with Crippen molar-refractivity contribution in [2.24, 2.45) is 7.05 Å². The number of benzene rings is 2. The van der Waals surface area contributed by atoms with Crippen molar-refractivity contribution in [3.8, 4) is 11.3 Å². The van der Waals surface area contributed by atoms with Gasteiger partial charge in [-0.25, -0.2) is 4.68 Å². The molecule has 0 amide bonds. The lowest BCUT2D eigenvalue weighted by Crippen LogP contribution is -2.26. The molecule has 2 aromatic carbocycles. The van der Waals surface area contributed by atoms with Gasteiger partial charge in [0.05, 0.1) is 5.56 Å². The summed E-state index contributed by atoms with van der Waals surface area (Å²) >= 11 is 0. The highest BCUT2D eigenvalue weighted by Gasteiger charge is 2.21. The van der Waals surface area contributed by atoms with Gasteiger partial charge < -0.3 is 5.32 Å². The number of carbonyl (C=O) groups excluding carboxylic acids is 1. The summed E-state index contributed by atoms with van der Waals surface area (Å²) < 4.78 is 1.25. The highest BCUT2D eigenvalue weighted by atomic mass is 16.1. The Bertz CT molecular complexity index is 932. The number of ketones is 1. The fourth-order valence-corrected chi connectivity index (χ4v) is 2.56. The molecule has 0 atom stereocenters. The van der Waals surface area contributed by atoms with Crippen LogP contribution < -0.4 is 10.9 Å². The van der Waals surface area contributed by atoms with Gasteiger partial charge in [-0.15, -0.1) is 0 Å². The highest BCUT2D eigenvalue weighted by molar-refractivity contribution is 6.05. The van der Waals surface area contributed by atoms with Gasteiger partial charge in [0.25, 0.3) is 5.56 Å². The summed E-state index contributed by atoms with van der Waals surface area (Å²) in [6.45, 7) is 1.44. The average Bonchev–Trinajstić information content (AvgIpc) is 2.60. The second-order valence-electron chi connectivity index (χ2n) is 5.44. The third kappa shape index (κ3) is 2.96. The van der Waals surface area contributed by atoms with Crippen LogP contribution in [0.3, 0.4) is 0 Å². The largest absolute Gasteiger partial charge is 0.350 e. The first kappa shape index (κ1) is 15.7. The molecule has 0 unspecified atom stereocenters. The molecule has 0 spiro atoms. The molecule has 0 saturated heterocycles. The normalized spacial score (nSPS) is 10.4. The summed E-state index contributed by atoms with van der Waals surface area (Å²) in [4.78, 5) is 24.9. The lowest BCUT2D eigenvalue weighted by Gasteiger charge is -2.15. The number of anilines is 2. The number of Topliss-reactive ketones (excluding diaryl/α,β-unsaturated/α-hetero) is 1. The maximum Gasteiger partial charge on any atom is 0.290 e. The molecule has 0 fully saturated rings. The van der Waals surface area contributed by atoms with E-state index in [2.05, 4.69) is 10.4 Å². The predicted molar refractivity (Wildman–Crippen MR) is 94.6 cm³/mol. The van der Waals surface area contributed by atoms with E-state index >= 15 is 0 Å². The number of para-hydroxylation sites is 1. The van der Waals surface area contributed by atoms with Crippen molar-refractivity contribution in [1.29, 1.82) is 0 Å². The van der Waals surface area contributed by atoms with Crippen LogP contribution >= 0.6 is 0 Å². The van der Waals surface area contributed by atoms with Gasteiger partial charge in [0.2, 0.25) is 0 Å². The molecule has 0 saturated carbocycles. The van der Waals surface area contributed by atoms with Gasteiger partial charge in [-0.1, -0.05) is 48.5 Å². The monoisotopic (exact) mass is 319 g/mol. The fourth-order valence-electron chi connectivity index (χ4n) is 2.56. The molecule has 3 aromatic rings. The Balaban J connectivity index is 2.26. The Morgan fingerprint density at radius 1 is 1.00 bits per heavy atom. The smallest absolute Gasteiger partial charge is 0.290 e. The molecule has 0 aliphatic heterocycles. The molecule has 5 heteroatoms. The number of aromatic nitrogens is 2. The van der Waals surface area contributed by atoms with Crippen LogP contribution in [0.4, 0.5) is 11.4 Å². The first-order chi connectivity index (χ1) is 11.6. The number of hydrogen-bond acceptors (Lipinski definition) is 4. The van der Waals surface area contributed by atoms with E-state index in [0.717, 1.165) is 11.3 Å². The third-order valence-corrected chi connectivity index (χ3v) is 3.69. The minimum Gasteiger partial charge on any atom is -0.350 e. The van der Waals surface area contributed by atoms with Crippen LogP contribution in [0.5, 0.6) is 0 Å². The van der Waals surface area contributed by atoms with Crippen LogP contribution in [0.15, 0.2) is 65.5 Å². The Kier molecular flexibility index (Phi) is 4.24. The summed E-state index contributed by atoms with van der Waals surface area (Å²) in [5.41, 5.74) is 2.21. The average molecular weight is 319 g/mol. The standard InChI is InChI=1S/C19H17N3O2/c1-13(23)16-17(14-9-5-3-6-10-14)21-22(2)19(24)18(16)20-15-11-7-4-8-12-15/h3-12,20H,1-2H3. The van der Waals surface area contributed by atoms with Gasteiger partial charge in [0.15, 0.2) is 5.78 Å². The first-order valence-electron chi connectivity index (χ1n) is 7.57. The number of rotatable bonds is 4. The minimum atomic E-state index is -0.344. The van der Waals surface area contributed by atoms with E-state index in [4.69, 9.17) is 0 Å². The first-order valence-corrected chi connectivity index (χ1v) is 7.57. The quantitative estimate of drug-likeness (QED) is 0.749. The maximum absolute atomic E-state index is 12.6. The number of carbonyl (C=O) groups is 1. The van der Waals surface area contributed by atoms with Crippen LogP contribution in [0.25, 0.3) is 11.3 Å². The van der Waals surface area contributed by atoms with Gasteiger partial charge in [-0.3, -0.25) is 9.59 Å². The van der Waals surface area contributed by atoms with Crippen molar-refractivity contribution in [2.75, 3.05) is 5.32 Å². The molecule has 120 valence electrons. The van der Waals surface area contributed by atoms with Crippen molar-refractivity contribution in [3.63, 3.8) is 0 Å². The van der Waals surface area contributed by atoms with Gasteiger partial charge in [-0.2, -0.15) is 5.10 Å². The Morgan fingerprint density at radius 3 is 2.17 bits per heavy atom. The molecule has 3 rings (SSSR count). The van der Waals surface area contributed by atoms with Gasteiger partial charge >= 0.3 is 0 Å². The van der Waals surface area contributed by atoms with Gasteiger partial charge in [0.1, 0.15) is 11.4 Å². The molecule has 1 N–H and O–H groups in total. The Morgan fingerprint density at radius 2 is 1.58 bits per heavy atom. The summed E-state index contributed by atoms with van der Waals surface area (Å²) in [6.07, 6.45) is 0.